The fraction of sp³-hybridized carbons (Fsp3) is 0.393. The second-order valence-corrected chi connectivity index (χ2v) is 10.2. The molecule has 1 aliphatic rings. The quantitative estimate of drug-likeness (QED) is 0.535. The molecule has 1 aromatic rings. The van der Waals surface area contributed by atoms with Crippen molar-refractivity contribution in [2.24, 2.45) is 4.99 Å². The number of nitrogens with zero attached hydrogens (tertiary/aromatic N) is 3. The summed E-state index contributed by atoms with van der Waals surface area (Å²) in [4.78, 5) is 23.1. The summed E-state index contributed by atoms with van der Waals surface area (Å²) in [6, 6.07) is 4.31. The van der Waals surface area contributed by atoms with Crippen molar-refractivity contribution in [1.29, 1.82) is 0 Å². The molecule has 1 aromatic heterocycles. The van der Waals surface area contributed by atoms with Crippen LogP contribution in [0.25, 0.3) is 5.57 Å². The van der Waals surface area contributed by atoms with Gasteiger partial charge in [0.25, 0.3) is 5.91 Å². The van der Waals surface area contributed by atoms with Crippen LogP contribution in [0.2, 0.25) is 0 Å². The molecule has 4 nitrogen and oxygen atoms in total. The molecule has 2 heterocycles. The summed E-state index contributed by atoms with van der Waals surface area (Å²) in [5, 5.41) is 0. The van der Waals surface area contributed by atoms with Gasteiger partial charge in [-0.2, -0.15) is 0 Å². The van der Waals surface area contributed by atoms with Crippen molar-refractivity contribution in [3.05, 3.63) is 83.4 Å². The van der Waals surface area contributed by atoms with Crippen LogP contribution < -0.4 is 0 Å². The first kappa shape index (κ1) is 25.3. The van der Waals surface area contributed by atoms with Gasteiger partial charge < -0.3 is 4.90 Å². The largest absolute Gasteiger partial charge is 0.310 e. The van der Waals surface area contributed by atoms with Crippen molar-refractivity contribution in [3.8, 4) is 0 Å². The van der Waals surface area contributed by atoms with Crippen LogP contribution >= 0.6 is 0 Å². The molecular weight excluding hydrogens is 394 g/mol. The van der Waals surface area contributed by atoms with Crippen molar-refractivity contribution in [1.82, 2.24) is 9.88 Å². The molecule has 0 unspecified atom stereocenters. The van der Waals surface area contributed by atoms with Gasteiger partial charge in [-0.1, -0.05) is 72.4 Å². The Morgan fingerprint density at radius 3 is 2.19 bits per heavy atom. The maximum atomic E-state index is 12.2. The molecule has 0 fully saturated rings. The SMILES string of the molecule is C=C\C(=C/C=C(C)\C=C1/C=NC/C=C/C(=O)N1C)c1cc(C(C)(C)C)nc(C(C)(C)C)c1. The van der Waals surface area contributed by atoms with Gasteiger partial charge in [-0.15, -0.1) is 0 Å². The number of hydrogen-bond donors (Lipinski definition) is 0. The number of aliphatic imine (C=N–C) groups is 1. The van der Waals surface area contributed by atoms with Gasteiger partial charge in [-0.3, -0.25) is 14.8 Å². The predicted molar refractivity (Wildman–Crippen MR) is 137 cm³/mol. The lowest BCUT2D eigenvalue weighted by molar-refractivity contribution is -0.122. The lowest BCUT2D eigenvalue weighted by Gasteiger charge is -2.25. The number of carbonyl (C=O) groups is 1. The van der Waals surface area contributed by atoms with Crippen LogP contribution in [0, 0.1) is 0 Å². The molecule has 0 atom stereocenters. The molecule has 0 aromatic carbocycles. The minimum atomic E-state index is -0.0567. The van der Waals surface area contributed by atoms with E-state index >= 15 is 0 Å². The molecule has 0 N–H and O–H groups in total. The highest BCUT2D eigenvalue weighted by molar-refractivity contribution is 5.95. The third-order valence-corrected chi connectivity index (χ3v) is 5.23. The highest BCUT2D eigenvalue weighted by Gasteiger charge is 2.22. The Labute approximate surface area is 193 Å². The van der Waals surface area contributed by atoms with Crippen LogP contribution in [-0.2, 0) is 15.6 Å². The van der Waals surface area contributed by atoms with Crippen LogP contribution in [0.1, 0.15) is 65.4 Å². The van der Waals surface area contributed by atoms with Gasteiger partial charge in [0.1, 0.15) is 0 Å². The summed E-state index contributed by atoms with van der Waals surface area (Å²) >= 11 is 0. The summed E-state index contributed by atoms with van der Waals surface area (Å²) in [5.74, 6) is -0.0567. The van der Waals surface area contributed by atoms with Crippen LogP contribution in [0.5, 0.6) is 0 Å². The van der Waals surface area contributed by atoms with E-state index in [2.05, 4.69) is 71.3 Å². The van der Waals surface area contributed by atoms with Crippen LogP contribution in [-0.4, -0.2) is 35.6 Å². The lowest BCUT2D eigenvalue weighted by atomic mass is 9.85. The summed E-state index contributed by atoms with van der Waals surface area (Å²) in [6.45, 7) is 19.7. The molecule has 1 amide bonds. The van der Waals surface area contributed by atoms with E-state index < -0.39 is 0 Å². The highest BCUT2D eigenvalue weighted by atomic mass is 16.2. The van der Waals surface area contributed by atoms with E-state index in [-0.39, 0.29) is 16.7 Å². The number of allylic oxidation sites excluding steroid dienone is 7. The molecule has 32 heavy (non-hydrogen) atoms. The maximum absolute atomic E-state index is 12.2. The Morgan fingerprint density at radius 1 is 1.06 bits per heavy atom. The number of rotatable bonds is 4. The molecule has 0 aliphatic carbocycles. The molecule has 1 aliphatic heterocycles. The van der Waals surface area contributed by atoms with Gasteiger partial charge in [-0.05, 0) is 41.8 Å². The average molecular weight is 432 g/mol. The molecule has 0 saturated heterocycles. The Bertz CT molecular complexity index is 989. The molecule has 0 bridgehead atoms. The predicted octanol–water partition coefficient (Wildman–Crippen LogP) is 6.18. The van der Waals surface area contributed by atoms with Crippen LogP contribution in [0.15, 0.2) is 71.4 Å². The molecule has 4 heteroatoms. The summed E-state index contributed by atoms with van der Waals surface area (Å²) in [5.41, 5.74) is 5.92. The normalized spacial score (nSPS) is 18.6. The smallest absolute Gasteiger partial charge is 0.250 e. The molecular formula is C28H37N3O. The Morgan fingerprint density at radius 2 is 1.66 bits per heavy atom. The fourth-order valence-corrected chi connectivity index (χ4v) is 3.07. The Kier molecular flexibility index (Phi) is 7.95. The number of amides is 1. The van der Waals surface area contributed by atoms with Gasteiger partial charge in [0, 0.05) is 41.6 Å². The van der Waals surface area contributed by atoms with Crippen molar-refractivity contribution >= 4 is 17.7 Å². The number of pyridine rings is 1. The Balaban J connectivity index is 2.48. The first-order chi connectivity index (χ1) is 14.8. The van der Waals surface area contributed by atoms with E-state index in [0.717, 1.165) is 33.8 Å². The number of aromatic nitrogens is 1. The van der Waals surface area contributed by atoms with Gasteiger partial charge in [0.05, 0.1) is 12.2 Å². The fourth-order valence-electron chi connectivity index (χ4n) is 3.07. The lowest BCUT2D eigenvalue weighted by Crippen LogP contribution is -2.26. The van der Waals surface area contributed by atoms with Crippen molar-refractivity contribution in [2.75, 3.05) is 13.6 Å². The Hall–Kier alpha value is -3.01. The molecule has 0 spiro atoms. The molecule has 170 valence electrons. The van der Waals surface area contributed by atoms with Crippen molar-refractivity contribution in [3.63, 3.8) is 0 Å². The highest BCUT2D eigenvalue weighted by Crippen LogP contribution is 2.30. The zero-order valence-electron chi connectivity index (χ0n) is 20.9. The number of likely N-dealkylation sites (N-methyl/N-ethyl adjacent to an activating group) is 1. The zero-order valence-corrected chi connectivity index (χ0v) is 20.9. The van der Waals surface area contributed by atoms with Gasteiger partial charge in [0.15, 0.2) is 0 Å². The van der Waals surface area contributed by atoms with E-state index in [0.29, 0.717) is 6.54 Å². The second-order valence-electron chi connectivity index (χ2n) is 10.2. The third-order valence-electron chi connectivity index (χ3n) is 5.23. The first-order valence-corrected chi connectivity index (χ1v) is 11.0. The summed E-state index contributed by atoms with van der Waals surface area (Å²) in [7, 11) is 1.76. The topological polar surface area (TPSA) is 45.6 Å². The first-order valence-electron chi connectivity index (χ1n) is 11.0. The van der Waals surface area contributed by atoms with Crippen LogP contribution in [0.3, 0.4) is 0 Å². The van der Waals surface area contributed by atoms with Crippen molar-refractivity contribution < 1.29 is 4.79 Å². The van der Waals surface area contributed by atoms with Gasteiger partial charge >= 0.3 is 0 Å². The summed E-state index contributed by atoms with van der Waals surface area (Å²) in [6.07, 6.45) is 13.0. The standard InChI is InChI=1S/C28H37N3O/c1-10-21(22-17-24(27(3,4)5)30-25(18-22)28(6,7)8)14-13-20(2)16-23-19-29-15-11-12-26(32)31(23)9/h10-14,16-19H,1,15H2,2-9H3/b12-11+,20-13-,21-14+,23-16+,29-19?. The summed E-state index contributed by atoms with van der Waals surface area (Å²) < 4.78 is 0. The maximum Gasteiger partial charge on any atom is 0.250 e. The second kappa shape index (κ2) is 10.1. The monoisotopic (exact) mass is 431 g/mol. The zero-order chi connectivity index (χ0) is 24.1. The molecule has 2 rings (SSSR count). The van der Waals surface area contributed by atoms with Gasteiger partial charge in [0.2, 0.25) is 0 Å². The minimum Gasteiger partial charge on any atom is -0.310 e. The van der Waals surface area contributed by atoms with E-state index in [1.165, 1.54) is 0 Å². The minimum absolute atomic E-state index is 0.0540. The van der Waals surface area contributed by atoms with Crippen LogP contribution in [0.4, 0.5) is 0 Å². The third kappa shape index (κ3) is 6.74. The van der Waals surface area contributed by atoms with E-state index in [1.54, 1.807) is 30.3 Å². The van der Waals surface area contributed by atoms with E-state index in [4.69, 9.17) is 4.98 Å². The average Bonchev–Trinajstić information content (AvgIpc) is 2.70. The molecule has 0 radical (unpaired) electrons. The van der Waals surface area contributed by atoms with Gasteiger partial charge in [-0.25, -0.2) is 0 Å². The number of hydrogen-bond acceptors (Lipinski definition) is 3. The van der Waals surface area contributed by atoms with E-state index in [1.807, 2.05) is 25.2 Å². The van der Waals surface area contributed by atoms with E-state index in [9.17, 15) is 4.79 Å². The molecule has 0 saturated carbocycles. The van der Waals surface area contributed by atoms with Crippen molar-refractivity contribution in [2.45, 2.75) is 59.3 Å². The number of carbonyl (C=O) groups excluding carboxylic acids is 1.